The first-order valence-corrected chi connectivity index (χ1v) is 5.55. The van der Waals surface area contributed by atoms with Crippen LogP contribution in [0, 0.1) is 0 Å². The third-order valence-corrected chi connectivity index (χ3v) is 3.69. The number of methoxy groups -OCH3 is 1. The largest absolute Gasteiger partial charge is 0.465 e. The van der Waals surface area contributed by atoms with E-state index in [1.807, 2.05) is 11.1 Å². The summed E-state index contributed by atoms with van der Waals surface area (Å²) in [5, 5.41) is 1.89. The molecule has 0 saturated heterocycles. The lowest BCUT2D eigenvalue weighted by atomic mass is 10.1. The lowest BCUT2D eigenvalue weighted by Crippen LogP contribution is -2.28. The summed E-state index contributed by atoms with van der Waals surface area (Å²) in [7, 11) is 3.07. The maximum atomic E-state index is 11.3. The molecule has 0 N–H and O–H groups in total. The molecule has 0 unspecified atom stereocenters. The van der Waals surface area contributed by atoms with Crippen molar-refractivity contribution in [3.05, 3.63) is 21.4 Å². The molecular weight excluding hydrogens is 214 g/mol. The van der Waals surface area contributed by atoms with E-state index in [1.165, 1.54) is 28.9 Å². The van der Waals surface area contributed by atoms with E-state index in [9.17, 15) is 4.79 Å². The van der Waals surface area contributed by atoms with Crippen LogP contribution in [0.25, 0.3) is 0 Å². The second-order valence-electron chi connectivity index (χ2n) is 3.35. The van der Waals surface area contributed by atoms with E-state index in [4.69, 9.17) is 9.57 Å². The van der Waals surface area contributed by atoms with Gasteiger partial charge in [0.2, 0.25) is 0 Å². The molecule has 0 aliphatic carbocycles. The predicted molar refractivity (Wildman–Crippen MR) is 56.8 cm³/mol. The standard InChI is InChI=1S/C10H13NO3S/c1-13-10(12)9-5-7-6-11(14-2)4-3-8(7)15-9/h5H,3-4,6H2,1-2H3. The maximum absolute atomic E-state index is 11.3. The molecule has 0 spiro atoms. The van der Waals surface area contributed by atoms with Crippen molar-refractivity contribution in [2.24, 2.45) is 0 Å². The Morgan fingerprint density at radius 1 is 1.53 bits per heavy atom. The van der Waals surface area contributed by atoms with Crippen LogP contribution in [0.3, 0.4) is 0 Å². The normalized spacial score (nSPS) is 16.1. The minimum Gasteiger partial charge on any atom is -0.465 e. The molecule has 82 valence electrons. The van der Waals surface area contributed by atoms with Crippen molar-refractivity contribution in [3.8, 4) is 0 Å². The number of thiophene rings is 1. The number of esters is 1. The number of carbonyl (C=O) groups excluding carboxylic acids is 1. The molecule has 1 aliphatic heterocycles. The Bertz CT molecular complexity index is 375. The molecule has 2 heterocycles. The number of nitrogens with zero attached hydrogens (tertiary/aromatic N) is 1. The smallest absolute Gasteiger partial charge is 0.348 e. The molecule has 1 aromatic heterocycles. The van der Waals surface area contributed by atoms with Crippen LogP contribution in [-0.2, 0) is 22.5 Å². The van der Waals surface area contributed by atoms with Crippen LogP contribution in [0.2, 0.25) is 0 Å². The van der Waals surface area contributed by atoms with Crippen molar-refractivity contribution in [2.45, 2.75) is 13.0 Å². The average molecular weight is 227 g/mol. The molecule has 0 fully saturated rings. The molecular formula is C10H13NO3S. The van der Waals surface area contributed by atoms with Crippen molar-refractivity contribution in [1.29, 1.82) is 0 Å². The Labute approximate surface area is 92.4 Å². The van der Waals surface area contributed by atoms with Crippen LogP contribution in [0.15, 0.2) is 6.07 Å². The number of fused-ring (bicyclic) bond motifs is 1. The van der Waals surface area contributed by atoms with Gasteiger partial charge in [0.15, 0.2) is 0 Å². The topological polar surface area (TPSA) is 38.8 Å². The van der Waals surface area contributed by atoms with Gasteiger partial charge in [0.25, 0.3) is 0 Å². The minimum atomic E-state index is -0.252. The third-order valence-electron chi connectivity index (χ3n) is 2.48. The van der Waals surface area contributed by atoms with E-state index in [0.717, 1.165) is 19.5 Å². The number of rotatable bonds is 2. The van der Waals surface area contributed by atoms with Gasteiger partial charge in [-0.05, 0) is 18.1 Å². The number of hydroxylamine groups is 2. The van der Waals surface area contributed by atoms with Crippen LogP contribution < -0.4 is 0 Å². The summed E-state index contributed by atoms with van der Waals surface area (Å²) < 4.78 is 4.69. The van der Waals surface area contributed by atoms with Gasteiger partial charge in [0.05, 0.1) is 20.8 Å². The predicted octanol–water partition coefficient (Wildman–Crippen LogP) is 1.45. The van der Waals surface area contributed by atoms with Gasteiger partial charge in [-0.1, -0.05) is 0 Å². The van der Waals surface area contributed by atoms with Gasteiger partial charge in [0.1, 0.15) is 4.88 Å². The summed E-state index contributed by atoms with van der Waals surface area (Å²) in [5.41, 5.74) is 1.17. The zero-order valence-electron chi connectivity index (χ0n) is 8.78. The zero-order chi connectivity index (χ0) is 10.8. The van der Waals surface area contributed by atoms with E-state index in [-0.39, 0.29) is 5.97 Å². The van der Waals surface area contributed by atoms with Gasteiger partial charge in [-0.25, -0.2) is 4.79 Å². The molecule has 1 aliphatic rings. The van der Waals surface area contributed by atoms with Crippen LogP contribution in [0.4, 0.5) is 0 Å². The highest BCUT2D eigenvalue weighted by molar-refractivity contribution is 7.14. The second-order valence-corrected chi connectivity index (χ2v) is 4.48. The van der Waals surface area contributed by atoms with E-state index in [0.29, 0.717) is 4.88 Å². The van der Waals surface area contributed by atoms with Gasteiger partial charge in [-0.15, -0.1) is 11.3 Å². The molecule has 0 radical (unpaired) electrons. The zero-order valence-corrected chi connectivity index (χ0v) is 9.60. The Balaban J connectivity index is 2.21. The van der Waals surface area contributed by atoms with Crippen LogP contribution in [0.1, 0.15) is 20.1 Å². The summed E-state index contributed by atoms with van der Waals surface area (Å²) in [4.78, 5) is 18.4. The van der Waals surface area contributed by atoms with Gasteiger partial charge in [-0.3, -0.25) is 0 Å². The van der Waals surface area contributed by atoms with E-state index in [1.54, 1.807) is 7.11 Å². The van der Waals surface area contributed by atoms with Crippen molar-refractivity contribution < 1.29 is 14.4 Å². The molecule has 1 aromatic rings. The Morgan fingerprint density at radius 3 is 3.00 bits per heavy atom. The van der Waals surface area contributed by atoms with Crippen LogP contribution >= 0.6 is 11.3 Å². The Hall–Kier alpha value is -0.910. The fraction of sp³-hybridized carbons (Fsp3) is 0.500. The highest BCUT2D eigenvalue weighted by Crippen LogP contribution is 2.28. The Kier molecular flexibility index (Phi) is 3.04. The van der Waals surface area contributed by atoms with E-state index < -0.39 is 0 Å². The summed E-state index contributed by atoms with van der Waals surface area (Å²) in [6, 6.07) is 1.90. The Morgan fingerprint density at radius 2 is 2.33 bits per heavy atom. The first-order valence-electron chi connectivity index (χ1n) is 4.73. The third kappa shape index (κ3) is 2.04. The molecule has 15 heavy (non-hydrogen) atoms. The molecule has 4 nitrogen and oxygen atoms in total. The van der Waals surface area contributed by atoms with Crippen molar-refractivity contribution in [2.75, 3.05) is 20.8 Å². The molecule has 0 amide bonds. The summed E-state index contributed by atoms with van der Waals surface area (Å²) in [5.74, 6) is -0.252. The van der Waals surface area contributed by atoms with Crippen molar-refractivity contribution in [1.82, 2.24) is 5.06 Å². The van der Waals surface area contributed by atoms with Crippen LogP contribution in [-0.4, -0.2) is 31.8 Å². The monoisotopic (exact) mass is 227 g/mol. The number of ether oxygens (including phenoxy) is 1. The van der Waals surface area contributed by atoms with Gasteiger partial charge >= 0.3 is 5.97 Å². The van der Waals surface area contributed by atoms with Gasteiger partial charge in [-0.2, -0.15) is 5.06 Å². The van der Waals surface area contributed by atoms with Crippen LogP contribution in [0.5, 0.6) is 0 Å². The SMILES string of the molecule is COC(=O)c1cc2c(s1)CCN(OC)C2. The highest BCUT2D eigenvalue weighted by atomic mass is 32.1. The first-order chi connectivity index (χ1) is 7.24. The summed E-state index contributed by atoms with van der Waals surface area (Å²) in [6.07, 6.45) is 0.935. The fourth-order valence-corrected chi connectivity index (χ4v) is 2.75. The fourth-order valence-electron chi connectivity index (χ4n) is 1.66. The summed E-state index contributed by atoms with van der Waals surface area (Å²) >= 11 is 1.52. The van der Waals surface area contributed by atoms with Gasteiger partial charge < -0.3 is 9.57 Å². The number of hydrogen-bond donors (Lipinski definition) is 0. The molecule has 0 atom stereocenters. The minimum absolute atomic E-state index is 0.252. The highest BCUT2D eigenvalue weighted by Gasteiger charge is 2.21. The van der Waals surface area contributed by atoms with E-state index in [2.05, 4.69) is 0 Å². The maximum Gasteiger partial charge on any atom is 0.348 e. The number of hydrogen-bond acceptors (Lipinski definition) is 5. The molecule has 5 heteroatoms. The first kappa shape index (κ1) is 10.6. The summed E-state index contributed by atoms with van der Waals surface area (Å²) in [6.45, 7) is 1.63. The molecule has 2 rings (SSSR count). The molecule has 0 saturated carbocycles. The van der Waals surface area contributed by atoms with E-state index >= 15 is 0 Å². The molecule has 0 bridgehead atoms. The number of carbonyl (C=O) groups is 1. The second kappa shape index (κ2) is 4.30. The lowest BCUT2D eigenvalue weighted by Gasteiger charge is -2.23. The lowest BCUT2D eigenvalue weighted by molar-refractivity contribution is -0.141. The quantitative estimate of drug-likeness (QED) is 0.717. The molecule has 0 aromatic carbocycles. The van der Waals surface area contributed by atoms with Crippen molar-refractivity contribution >= 4 is 17.3 Å². The average Bonchev–Trinajstić information content (AvgIpc) is 2.70. The van der Waals surface area contributed by atoms with Gasteiger partial charge in [0, 0.05) is 11.4 Å². The van der Waals surface area contributed by atoms with Crippen molar-refractivity contribution in [3.63, 3.8) is 0 Å².